The number of imidazole rings is 1. The van der Waals surface area contributed by atoms with Crippen LogP contribution >= 0.6 is 0 Å². The largest absolute Gasteiger partial charge is 0.492 e. The first kappa shape index (κ1) is 16.4. The molecular formula is C21H21N3O3. The highest BCUT2D eigenvalue weighted by molar-refractivity contribution is 6.00. The number of fused-ring (bicyclic) bond motifs is 2. The minimum absolute atomic E-state index is 0.0293. The molecule has 1 aromatic carbocycles. The highest BCUT2D eigenvalue weighted by atomic mass is 16.5. The van der Waals surface area contributed by atoms with E-state index in [0.717, 1.165) is 60.8 Å². The third-order valence-corrected chi connectivity index (χ3v) is 5.35. The van der Waals surface area contributed by atoms with Crippen molar-refractivity contribution < 1.29 is 14.3 Å². The number of Topliss-reactive ketones (excluding diaryl/α,β-unsaturated/α-hetero) is 1. The molecule has 6 nitrogen and oxygen atoms in total. The predicted octanol–water partition coefficient (Wildman–Crippen LogP) is 2.98. The number of para-hydroxylation sites is 1. The van der Waals surface area contributed by atoms with Gasteiger partial charge in [-0.1, -0.05) is 12.1 Å². The van der Waals surface area contributed by atoms with Crippen LogP contribution in [0, 0.1) is 0 Å². The summed E-state index contributed by atoms with van der Waals surface area (Å²) in [7, 11) is 0. The van der Waals surface area contributed by atoms with Crippen molar-refractivity contribution in [3.8, 4) is 5.75 Å². The van der Waals surface area contributed by atoms with Crippen molar-refractivity contribution >= 4 is 11.4 Å². The maximum Gasteiger partial charge on any atom is 0.172 e. The number of ether oxygens (including phenoxy) is 2. The fourth-order valence-electron chi connectivity index (χ4n) is 3.92. The van der Waals surface area contributed by atoms with Crippen LogP contribution < -0.4 is 4.74 Å². The first-order valence-corrected chi connectivity index (χ1v) is 9.47. The average Bonchev–Trinajstić information content (AvgIpc) is 3.34. The van der Waals surface area contributed by atoms with Crippen molar-refractivity contribution in [2.45, 2.75) is 31.6 Å². The molecule has 0 aliphatic carbocycles. The standard InChI is InChI=1S/C21H21N3O3/c25-19(17-5-1-3-14-6-8-27-21(14)17)9-16-11-24-12-18(23-20(24)10-22-16)15-4-2-7-26-13-15/h1,3,5,10-12,15H,2,4,6-9,13H2. The van der Waals surface area contributed by atoms with Crippen LogP contribution in [0.1, 0.15) is 46.1 Å². The van der Waals surface area contributed by atoms with E-state index < -0.39 is 0 Å². The number of aromatic nitrogens is 3. The van der Waals surface area contributed by atoms with Crippen molar-refractivity contribution in [2.75, 3.05) is 19.8 Å². The number of hydrogen-bond acceptors (Lipinski definition) is 5. The van der Waals surface area contributed by atoms with Crippen LogP contribution in [0.3, 0.4) is 0 Å². The Balaban J connectivity index is 1.39. The first-order chi connectivity index (χ1) is 13.3. The molecule has 1 saturated heterocycles. The van der Waals surface area contributed by atoms with Gasteiger partial charge in [-0.25, -0.2) is 4.98 Å². The Morgan fingerprint density at radius 1 is 1.26 bits per heavy atom. The van der Waals surface area contributed by atoms with Crippen molar-refractivity contribution in [1.29, 1.82) is 0 Å². The molecule has 6 heteroatoms. The van der Waals surface area contributed by atoms with Gasteiger partial charge in [-0.05, 0) is 24.5 Å². The molecule has 3 aromatic rings. The molecule has 2 aliphatic heterocycles. The second-order valence-electron chi connectivity index (χ2n) is 7.22. The van der Waals surface area contributed by atoms with Gasteiger partial charge < -0.3 is 13.9 Å². The lowest BCUT2D eigenvalue weighted by Gasteiger charge is -2.19. The monoisotopic (exact) mass is 363 g/mol. The molecule has 0 spiro atoms. The zero-order chi connectivity index (χ0) is 18.2. The summed E-state index contributed by atoms with van der Waals surface area (Å²) in [5.74, 6) is 1.11. The summed E-state index contributed by atoms with van der Waals surface area (Å²) >= 11 is 0. The molecule has 4 heterocycles. The van der Waals surface area contributed by atoms with Crippen molar-refractivity contribution in [3.05, 3.63) is 59.3 Å². The predicted molar refractivity (Wildman–Crippen MR) is 99.5 cm³/mol. The topological polar surface area (TPSA) is 65.7 Å². The van der Waals surface area contributed by atoms with Gasteiger partial charge in [-0.3, -0.25) is 9.78 Å². The number of hydrogen-bond donors (Lipinski definition) is 0. The van der Waals surface area contributed by atoms with E-state index in [0.29, 0.717) is 18.1 Å². The average molecular weight is 363 g/mol. The summed E-state index contributed by atoms with van der Waals surface area (Å²) in [5, 5.41) is 0. The van der Waals surface area contributed by atoms with Crippen molar-refractivity contribution in [3.63, 3.8) is 0 Å². The molecule has 138 valence electrons. The number of rotatable bonds is 4. The smallest absolute Gasteiger partial charge is 0.172 e. The second-order valence-corrected chi connectivity index (χ2v) is 7.22. The molecule has 1 fully saturated rings. The first-order valence-electron chi connectivity index (χ1n) is 9.47. The molecule has 2 aliphatic rings. The molecule has 0 bridgehead atoms. The van der Waals surface area contributed by atoms with E-state index in [9.17, 15) is 4.79 Å². The van der Waals surface area contributed by atoms with Gasteiger partial charge >= 0.3 is 0 Å². The van der Waals surface area contributed by atoms with Gasteiger partial charge in [0.2, 0.25) is 0 Å². The summed E-state index contributed by atoms with van der Waals surface area (Å²) in [4.78, 5) is 21.9. The lowest BCUT2D eigenvalue weighted by molar-refractivity contribution is 0.0794. The van der Waals surface area contributed by atoms with E-state index in [1.165, 1.54) is 0 Å². The number of carbonyl (C=O) groups excluding carboxylic acids is 1. The summed E-state index contributed by atoms with van der Waals surface area (Å²) in [6.07, 6.45) is 8.95. The second kappa shape index (κ2) is 6.78. The Kier molecular flexibility index (Phi) is 4.13. The molecule has 0 N–H and O–H groups in total. The van der Waals surface area contributed by atoms with Crippen LogP contribution in [-0.4, -0.2) is 40.0 Å². The molecule has 0 saturated carbocycles. The Labute approximate surface area is 157 Å². The molecule has 1 atom stereocenters. The lowest BCUT2D eigenvalue weighted by atomic mass is 9.99. The Hall–Kier alpha value is -2.73. The Morgan fingerprint density at radius 3 is 3.11 bits per heavy atom. The maximum atomic E-state index is 12.8. The summed E-state index contributed by atoms with van der Waals surface area (Å²) < 4.78 is 13.2. The zero-order valence-corrected chi connectivity index (χ0v) is 15.1. The summed E-state index contributed by atoms with van der Waals surface area (Å²) in [6.45, 7) is 2.21. The highest BCUT2D eigenvalue weighted by Gasteiger charge is 2.22. The summed E-state index contributed by atoms with van der Waals surface area (Å²) in [6, 6.07) is 5.78. The van der Waals surface area contributed by atoms with Gasteiger partial charge in [-0.15, -0.1) is 0 Å². The van der Waals surface area contributed by atoms with Gasteiger partial charge in [0.05, 0.1) is 42.8 Å². The van der Waals surface area contributed by atoms with E-state index >= 15 is 0 Å². The van der Waals surface area contributed by atoms with Gasteiger partial charge in [-0.2, -0.15) is 0 Å². The molecule has 0 radical (unpaired) electrons. The van der Waals surface area contributed by atoms with Gasteiger partial charge in [0.1, 0.15) is 5.75 Å². The van der Waals surface area contributed by atoms with E-state index in [1.54, 1.807) is 6.20 Å². The van der Waals surface area contributed by atoms with Gasteiger partial charge in [0.15, 0.2) is 11.4 Å². The fourth-order valence-corrected chi connectivity index (χ4v) is 3.92. The fraction of sp³-hybridized carbons (Fsp3) is 0.381. The minimum atomic E-state index is 0.0293. The van der Waals surface area contributed by atoms with Crippen molar-refractivity contribution in [2.24, 2.45) is 0 Å². The van der Waals surface area contributed by atoms with Gasteiger partial charge in [0, 0.05) is 31.3 Å². The number of carbonyl (C=O) groups is 1. The van der Waals surface area contributed by atoms with E-state index in [-0.39, 0.29) is 12.2 Å². The van der Waals surface area contributed by atoms with E-state index in [4.69, 9.17) is 9.47 Å². The number of ketones is 1. The molecule has 5 rings (SSSR count). The number of nitrogens with zero attached hydrogens (tertiary/aromatic N) is 3. The molecule has 27 heavy (non-hydrogen) atoms. The Bertz CT molecular complexity index is 1010. The quantitative estimate of drug-likeness (QED) is 0.667. The summed E-state index contributed by atoms with van der Waals surface area (Å²) in [5.41, 5.74) is 4.33. The Morgan fingerprint density at radius 2 is 2.22 bits per heavy atom. The normalized spacial score (nSPS) is 19.0. The van der Waals surface area contributed by atoms with Crippen LogP contribution in [0.2, 0.25) is 0 Å². The van der Waals surface area contributed by atoms with Crippen LogP contribution in [0.15, 0.2) is 36.8 Å². The molecule has 0 amide bonds. The van der Waals surface area contributed by atoms with Gasteiger partial charge in [0.25, 0.3) is 0 Å². The van der Waals surface area contributed by atoms with Crippen molar-refractivity contribution in [1.82, 2.24) is 14.4 Å². The molecule has 1 unspecified atom stereocenters. The third-order valence-electron chi connectivity index (χ3n) is 5.35. The van der Waals surface area contributed by atoms with Crippen LogP contribution in [0.5, 0.6) is 5.75 Å². The molecule has 2 aromatic heterocycles. The van der Waals surface area contributed by atoms with Crippen LogP contribution in [-0.2, 0) is 17.6 Å². The van der Waals surface area contributed by atoms with Crippen LogP contribution in [0.4, 0.5) is 0 Å². The number of benzene rings is 1. The maximum absolute atomic E-state index is 12.8. The lowest BCUT2D eigenvalue weighted by Crippen LogP contribution is -2.15. The minimum Gasteiger partial charge on any atom is -0.492 e. The zero-order valence-electron chi connectivity index (χ0n) is 15.1. The molecular weight excluding hydrogens is 342 g/mol. The third kappa shape index (κ3) is 3.10. The SMILES string of the molecule is O=C(Cc1cn2cc(C3CCCOC3)nc2cn1)c1cccc2c1OCC2. The highest BCUT2D eigenvalue weighted by Crippen LogP contribution is 2.30. The van der Waals surface area contributed by atoms with Crippen LogP contribution in [0.25, 0.3) is 5.65 Å². The van der Waals surface area contributed by atoms with E-state index in [1.807, 2.05) is 35.0 Å². The van der Waals surface area contributed by atoms with E-state index in [2.05, 4.69) is 9.97 Å².